The third-order valence-corrected chi connectivity index (χ3v) is 6.09. The number of anilines is 3. The number of fused-ring (bicyclic) bond motifs is 2. The van der Waals surface area contributed by atoms with E-state index in [9.17, 15) is 0 Å². The first-order valence-electron chi connectivity index (χ1n) is 8.00. The summed E-state index contributed by atoms with van der Waals surface area (Å²) in [6.45, 7) is 4.23. The van der Waals surface area contributed by atoms with Crippen molar-refractivity contribution in [2.24, 2.45) is 0 Å². The van der Waals surface area contributed by atoms with E-state index >= 15 is 0 Å². The quantitative estimate of drug-likeness (QED) is 0.600. The summed E-state index contributed by atoms with van der Waals surface area (Å²) in [5, 5.41) is 9.89. The van der Waals surface area contributed by atoms with Gasteiger partial charge in [-0.2, -0.15) is 0 Å². The predicted molar refractivity (Wildman–Crippen MR) is 100.0 cm³/mol. The first kappa shape index (κ1) is 14.2. The zero-order valence-electron chi connectivity index (χ0n) is 13.2. The van der Waals surface area contributed by atoms with Crippen LogP contribution in [0.5, 0.6) is 0 Å². The molecule has 0 spiro atoms. The molecule has 1 saturated heterocycles. The Morgan fingerprint density at radius 2 is 2.00 bits per heavy atom. The minimum Gasteiger partial charge on any atom is -0.348 e. The first-order valence-corrected chi connectivity index (χ1v) is 9.63. The SMILES string of the molecule is Cc1cn2nc(Nc3ccc4nc(N5CCCC5)sc4c3)sc2n1. The van der Waals surface area contributed by atoms with Crippen LogP contribution in [-0.4, -0.2) is 32.7 Å². The summed E-state index contributed by atoms with van der Waals surface area (Å²) in [6, 6.07) is 6.30. The Balaban J connectivity index is 1.44. The van der Waals surface area contributed by atoms with Crippen LogP contribution in [0.3, 0.4) is 0 Å². The summed E-state index contributed by atoms with van der Waals surface area (Å²) in [6.07, 6.45) is 4.48. The van der Waals surface area contributed by atoms with Crippen molar-refractivity contribution in [2.75, 3.05) is 23.3 Å². The summed E-state index contributed by atoms with van der Waals surface area (Å²) in [7, 11) is 0. The minimum absolute atomic E-state index is 0.848. The van der Waals surface area contributed by atoms with Crippen LogP contribution < -0.4 is 10.2 Å². The number of nitrogens with zero attached hydrogens (tertiary/aromatic N) is 5. The number of hydrogen-bond acceptors (Lipinski definition) is 7. The molecule has 6 nitrogen and oxygen atoms in total. The molecule has 4 heterocycles. The van der Waals surface area contributed by atoms with Gasteiger partial charge in [0.25, 0.3) is 0 Å². The standard InChI is InChI=1S/C16H16N6S2/c1-10-9-22-16(17-10)24-14(20-22)18-11-4-5-12-13(8-11)23-15(19-12)21-6-2-3-7-21/h4-5,8-9H,2-3,6-7H2,1H3,(H,18,20). The van der Waals surface area contributed by atoms with Crippen molar-refractivity contribution in [1.29, 1.82) is 0 Å². The lowest BCUT2D eigenvalue weighted by molar-refractivity contribution is 0.949. The van der Waals surface area contributed by atoms with E-state index in [1.54, 1.807) is 22.7 Å². The van der Waals surface area contributed by atoms with E-state index in [2.05, 4.69) is 38.5 Å². The van der Waals surface area contributed by atoms with Crippen LogP contribution >= 0.6 is 22.7 Å². The van der Waals surface area contributed by atoms with Gasteiger partial charge in [0.15, 0.2) is 5.13 Å². The molecule has 1 fully saturated rings. The van der Waals surface area contributed by atoms with Gasteiger partial charge in [-0.1, -0.05) is 22.7 Å². The second-order valence-corrected chi connectivity index (χ2v) is 7.98. The van der Waals surface area contributed by atoms with Crippen molar-refractivity contribution in [1.82, 2.24) is 19.6 Å². The summed E-state index contributed by atoms with van der Waals surface area (Å²) >= 11 is 3.32. The van der Waals surface area contributed by atoms with Crippen molar-refractivity contribution in [3.8, 4) is 0 Å². The maximum atomic E-state index is 4.77. The molecule has 1 aromatic carbocycles. The Bertz CT molecular complexity index is 992. The third-order valence-electron chi connectivity index (χ3n) is 4.17. The summed E-state index contributed by atoms with van der Waals surface area (Å²) in [5.41, 5.74) is 3.09. The van der Waals surface area contributed by atoms with E-state index in [0.717, 1.165) is 45.2 Å². The topological polar surface area (TPSA) is 58.4 Å². The molecule has 1 aliphatic rings. The molecule has 24 heavy (non-hydrogen) atoms. The maximum Gasteiger partial charge on any atom is 0.214 e. The summed E-state index contributed by atoms with van der Waals surface area (Å²) in [5.74, 6) is 0. The molecule has 3 aromatic heterocycles. The molecule has 0 atom stereocenters. The molecule has 0 unspecified atom stereocenters. The van der Waals surface area contributed by atoms with Crippen LogP contribution in [0, 0.1) is 6.92 Å². The molecule has 5 rings (SSSR count). The van der Waals surface area contributed by atoms with E-state index < -0.39 is 0 Å². The number of rotatable bonds is 3. The van der Waals surface area contributed by atoms with Crippen LogP contribution in [0.2, 0.25) is 0 Å². The molecule has 0 amide bonds. The largest absolute Gasteiger partial charge is 0.348 e. The Morgan fingerprint density at radius 3 is 2.83 bits per heavy atom. The molecule has 1 N–H and O–H groups in total. The zero-order valence-corrected chi connectivity index (χ0v) is 14.8. The Hall–Kier alpha value is -2.19. The zero-order chi connectivity index (χ0) is 16.1. The van der Waals surface area contributed by atoms with Gasteiger partial charge in [0, 0.05) is 18.8 Å². The lowest BCUT2D eigenvalue weighted by Gasteiger charge is -2.11. The maximum absolute atomic E-state index is 4.77. The number of nitrogens with one attached hydrogen (secondary N) is 1. The monoisotopic (exact) mass is 356 g/mol. The lowest BCUT2D eigenvalue weighted by atomic mass is 10.3. The highest BCUT2D eigenvalue weighted by molar-refractivity contribution is 7.22. The van der Waals surface area contributed by atoms with Gasteiger partial charge in [0.2, 0.25) is 10.1 Å². The molecule has 1 aliphatic heterocycles. The smallest absolute Gasteiger partial charge is 0.214 e. The third kappa shape index (κ3) is 2.42. The average Bonchev–Trinajstić information content (AvgIpc) is 3.28. The minimum atomic E-state index is 0.848. The summed E-state index contributed by atoms with van der Waals surface area (Å²) in [4.78, 5) is 12.5. The first-order chi connectivity index (χ1) is 11.7. The molecule has 0 aliphatic carbocycles. The van der Waals surface area contributed by atoms with Crippen molar-refractivity contribution in [3.05, 3.63) is 30.1 Å². The normalized spacial score (nSPS) is 15.0. The number of thiazole rings is 1. The molecular weight excluding hydrogens is 340 g/mol. The van der Waals surface area contributed by atoms with Crippen LogP contribution in [0.1, 0.15) is 18.5 Å². The van der Waals surface area contributed by atoms with Gasteiger partial charge in [-0.25, -0.2) is 14.5 Å². The Kier molecular flexibility index (Phi) is 3.20. The number of imidazole rings is 1. The van der Waals surface area contributed by atoms with E-state index in [-0.39, 0.29) is 0 Å². The number of aromatic nitrogens is 4. The van der Waals surface area contributed by atoms with Gasteiger partial charge >= 0.3 is 0 Å². The molecule has 8 heteroatoms. The van der Waals surface area contributed by atoms with E-state index in [0.29, 0.717) is 0 Å². The summed E-state index contributed by atoms with van der Waals surface area (Å²) < 4.78 is 3.03. The van der Waals surface area contributed by atoms with Crippen LogP contribution in [0.15, 0.2) is 24.4 Å². The molecule has 0 bridgehead atoms. The lowest BCUT2D eigenvalue weighted by Crippen LogP contribution is -2.16. The Morgan fingerprint density at radius 1 is 1.12 bits per heavy atom. The van der Waals surface area contributed by atoms with Gasteiger partial charge in [0.05, 0.1) is 22.1 Å². The van der Waals surface area contributed by atoms with Crippen LogP contribution in [0.4, 0.5) is 16.0 Å². The molecule has 0 saturated carbocycles. The van der Waals surface area contributed by atoms with Crippen molar-refractivity contribution < 1.29 is 0 Å². The highest BCUT2D eigenvalue weighted by atomic mass is 32.1. The highest BCUT2D eigenvalue weighted by Gasteiger charge is 2.16. The van der Waals surface area contributed by atoms with Gasteiger partial charge in [-0.15, -0.1) is 5.10 Å². The van der Waals surface area contributed by atoms with Gasteiger partial charge in [-0.05, 0) is 38.0 Å². The van der Waals surface area contributed by atoms with Gasteiger partial charge < -0.3 is 10.2 Å². The Labute approximate surface area is 146 Å². The highest BCUT2D eigenvalue weighted by Crippen LogP contribution is 2.33. The fourth-order valence-corrected chi connectivity index (χ4v) is 4.92. The molecule has 0 radical (unpaired) electrons. The molecule has 4 aromatic rings. The van der Waals surface area contributed by atoms with E-state index in [1.165, 1.54) is 17.5 Å². The molecular formula is C16H16N6S2. The van der Waals surface area contributed by atoms with Gasteiger partial charge in [-0.3, -0.25) is 0 Å². The van der Waals surface area contributed by atoms with Crippen molar-refractivity contribution in [2.45, 2.75) is 19.8 Å². The van der Waals surface area contributed by atoms with Gasteiger partial charge in [0.1, 0.15) is 0 Å². The van der Waals surface area contributed by atoms with E-state index in [4.69, 9.17) is 4.98 Å². The second-order valence-electron chi connectivity index (χ2n) is 6.01. The van der Waals surface area contributed by atoms with Crippen LogP contribution in [0.25, 0.3) is 15.2 Å². The number of aryl methyl sites for hydroxylation is 1. The van der Waals surface area contributed by atoms with E-state index in [1.807, 2.05) is 17.6 Å². The average molecular weight is 356 g/mol. The van der Waals surface area contributed by atoms with Crippen molar-refractivity contribution in [3.63, 3.8) is 0 Å². The number of benzene rings is 1. The molecule has 122 valence electrons. The predicted octanol–water partition coefficient (Wildman–Crippen LogP) is 4.05. The second kappa shape index (κ2) is 5.42. The fourth-order valence-electron chi connectivity index (χ4n) is 3.02. The van der Waals surface area contributed by atoms with Crippen LogP contribution in [-0.2, 0) is 0 Å². The fraction of sp³-hybridized carbons (Fsp3) is 0.312. The number of hydrogen-bond donors (Lipinski definition) is 1. The van der Waals surface area contributed by atoms with Crippen molar-refractivity contribution >= 4 is 53.8 Å².